The lowest BCUT2D eigenvalue weighted by molar-refractivity contribution is -0.143. The molecule has 0 unspecified atom stereocenters. The number of carbonyl (C=O) groups excluding carboxylic acids is 2. The molecular formula is C18H24ClN3O5S. The van der Waals surface area contributed by atoms with Crippen LogP contribution in [0.4, 0.5) is 5.69 Å². The second-order valence-corrected chi connectivity index (χ2v) is 9.16. The first-order valence-electron chi connectivity index (χ1n) is 9.37. The van der Waals surface area contributed by atoms with Crippen molar-refractivity contribution in [1.29, 1.82) is 0 Å². The molecule has 8 nitrogen and oxygen atoms in total. The molecule has 10 heteroatoms. The van der Waals surface area contributed by atoms with Crippen molar-refractivity contribution < 1.29 is 22.7 Å². The minimum Gasteiger partial charge on any atom is -0.379 e. The monoisotopic (exact) mass is 429 g/mol. The van der Waals surface area contributed by atoms with E-state index in [9.17, 15) is 18.0 Å². The van der Waals surface area contributed by atoms with E-state index in [4.69, 9.17) is 16.3 Å². The molecule has 2 fully saturated rings. The predicted octanol–water partition coefficient (Wildman–Crippen LogP) is 1.70. The number of ether oxygens (including phenoxy) is 1. The smallest absolute Gasteiger partial charge is 0.313 e. The molecule has 1 N–H and O–H groups in total. The molecule has 154 valence electrons. The van der Waals surface area contributed by atoms with E-state index in [-0.39, 0.29) is 28.7 Å². The highest BCUT2D eigenvalue weighted by molar-refractivity contribution is 7.89. The van der Waals surface area contributed by atoms with Crippen molar-refractivity contribution in [2.75, 3.05) is 44.7 Å². The number of hydrogen-bond donors (Lipinski definition) is 1. The van der Waals surface area contributed by atoms with Gasteiger partial charge in [-0.3, -0.25) is 9.59 Å². The van der Waals surface area contributed by atoms with Gasteiger partial charge in [0.1, 0.15) is 0 Å². The lowest BCUT2D eigenvalue weighted by Crippen LogP contribution is -2.41. The van der Waals surface area contributed by atoms with E-state index in [2.05, 4.69) is 5.32 Å². The summed E-state index contributed by atoms with van der Waals surface area (Å²) in [6, 6.07) is 4.08. The molecule has 2 amide bonds. The molecule has 2 aliphatic heterocycles. The SMILES string of the molecule is O=C(Nc1cc(S(=O)(=O)N2CCOCC2)ccc1Cl)C(=O)N1CCCCCC1. The third kappa shape index (κ3) is 4.83. The Morgan fingerprint density at radius 2 is 1.64 bits per heavy atom. The number of nitrogens with one attached hydrogen (secondary N) is 1. The van der Waals surface area contributed by atoms with Crippen LogP contribution in [-0.2, 0) is 24.3 Å². The fourth-order valence-electron chi connectivity index (χ4n) is 3.29. The van der Waals surface area contributed by atoms with Crippen LogP contribution in [0.5, 0.6) is 0 Å². The number of nitrogens with zero attached hydrogens (tertiary/aromatic N) is 2. The molecule has 0 spiro atoms. The number of carbonyl (C=O) groups is 2. The number of anilines is 1. The fourth-order valence-corrected chi connectivity index (χ4v) is 4.89. The van der Waals surface area contributed by atoms with Gasteiger partial charge in [0.25, 0.3) is 0 Å². The lowest BCUT2D eigenvalue weighted by Gasteiger charge is -2.26. The summed E-state index contributed by atoms with van der Waals surface area (Å²) in [5.74, 6) is -1.44. The molecule has 0 radical (unpaired) electrons. The van der Waals surface area contributed by atoms with E-state index < -0.39 is 21.8 Å². The first-order valence-corrected chi connectivity index (χ1v) is 11.2. The number of hydrogen-bond acceptors (Lipinski definition) is 5. The highest BCUT2D eigenvalue weighted by atomic mass is 35.5. The van der Waals surface area contributed by atoms with Gasteiger partial charge in [-0.25, -0.2) is 8.42 Å². The van der Waals surface area contributed by atoms with Crippen LogP contribution < -0.4 is 5.32 Å². The summed E-state index contributed by atoms with van der Waals surface area (Å²) in [6.07, 6.45) is 3.82. The molecule has 1 aromatic rings. The zero-order valence-corrected chi connectivity index (χ0v) is 17.1. The lowest BCUT2D eigenvalue weighted by atomic mass is 10.2. The Bertz CT molecular complexity index is 832. The van der Waals surface area contributed by atoms with E-state index in [1.807, 2.05) is 0 Å². The Kier molecular flexibility index (Phi) is 6.92. The molecule has 1 aromatic carbocycles. The Labute approximate surface area is 169 Å². The van der Waals surface area contributed by atoms with Crippen molar-refractivity contribution in [2.45, 2.75) is 30.6 Å². The van der Waals surface area contributed by atoms with Gasteiger partial charge in [-0.2, -0.15) is 4.31 Å². The quantitative estimate of drug-likeness (QED) is 0.738. The largest absolute Gasteiger partial charge is 0.379 e. The van der Waals surface area contributed by atoms with Gasteiger partial charge in [0.2, 0.25) is 10.0 Å². The third-order valence-corrected chi connectivity index (χ3v) is 7.11. The molecule has 3 rings (SSSR count). The van der Waals surface area contributed by atoms with Crippen molar-refractivity contribution in [3.05, 3.63) is 23.2 Å². The minimum absolute atomic E-state index is 0.0105. The molecule has 0 bridgehead atoms. The molecule has 0 atom stereocenters. The summed E-state index contributed by atoms with van der Waals surface area (Å²) in [7, 11) is -3.73. The van der Waals surface area contributed by atoms with Crippen LogP contribution >= 0.6 is 11.6 Å². The van der Waals surface area contributed by atoms with Crippen LogP contribution in [0.2, 0.25) is 5.02 Å². The normalized spacial score (nSPS) is 19.1. The van der Waals surface area contributed by atoms with Gasteiger partial charge in [-0.15, -0.1) is 0 Å². The zero-order chi connectivity index (χ0) is 20.1. The molecule has 2 saturated heterocycles. The number of benzene rings is 1. The van der Waals surface area contributed by atoms with Crippen molar-refractivity contribution in [3.63, 3.8) is 0 Å². The van der Waals surface area contributed by atoms with Gasteiger partial charge in [-0.05, 0) is 31.0 Å². The van der Waals surface area contributed by atoms with E-state index in [1.54, 1.807) is 0 Å². The van der Waals surface area contributed by atoms with Crippen molar-refractivity contribution in [1.82, 2.24) is 9.21 Å². The number of amides is 2. The van der Waals surface area contributed by atoms with Crippen LogP contribution in [0.3, 0.4) is 0 Å². The standard InChI is InChI=1S/C18H24ClN3O5S/c19-15-6-5-14(28(25,26)22-9-11-27-12-10-22)13-16(15)20-17(23)18(24)21-7-3-1-2-4-8-21/h5-6,13H,1-4,7-12H2,(H,20,23). The Balaban J connectivity index is 1.75. The highest BCUT2D eigenvalue weighted by Crippen LogP contribution is 2.27. The summed E-state index contributed by atoms with van der Waals surface area (Å²) >= 11 is 6.12. The van der Waals surface area contributed by atoms with Gasteiger partial charge in [0.15, 0.2) is 0 Å². The van der Waals surface area contributed by atoms with Crippen LogP contribution in [0.1, 0.15) is 25.7 Å². The zero-order valence-electron chi connectivity index (χ0n) is 15.5. The Morgan fingerprint density at radius 3 is 2.29 bits per heavy atom. The second kappa shape index (κ2) is 9.21. The topological polar surface area (TPSA) is 96.0 Å². The molecule has 2 aliphatic rings. The molecule has 2 heterocycles. The van der Waals surface area contributed by atoms with E-state index >= 15 is 0 Å². The molecule has 0 aliphatic carbocycles. The second-order valence-electron chi connectivity index (χ2n) is 6.82. The van der Waals surface area contributed by atoms with Crippen LogP contribution in [0.25, 0.3) is 0 Å². The first-order chi connectivity index (χ1) is 13.4. The fraction of sp³-hybridized carbons (Fsp3) is 0.556. The van der Waals surface area contributed by atoms with Gasteiger partial charge in [0, 0.05) is 26.2 Å². The number of likely N-dealkylation sites (tertiary alicyclic amines) is 1. The average Bonchev–Trinajstić information content (AvgIpc) is 2.99. The molecule has 0 saturated carbocycles. The van der Waals surface area contributed by atoms with Crippen LogP contribution in [0.15, 0.2) is 23.1 Å². The average molecular weight is 430 g/mol. The summed E-state index contributed by atoms with van der Waals surface area (Å²) in [5, 5.41) is 2.64. The summed E-state index contributed by atoms with van der Waals surface area (Å²) in [6.45, 7) is 2.29. The summed E-state index contributed by atoms with van der Waals surface area (Å²) in [4.78, 5) is 26.4. The number of halogens is 1. The van der Waals surface area contributed by atoms with Crippen molar-refractivity contribution in [3.8, 4) is 0 Å². The maximum absolute atomic E-state index is 12.8. The van der Waals surface area contributed by atoms with Gasteiger partial charge < -0.3 is 15.0 Å². The van der Waals surface area contributed by atoms with Crippen molar-refractivity contribution >= 4 is 39.1 Å². The van der Waals surface area contributed by atoms with Gasteiger partial charge in [-0.1, -0.05) is 24.4 Å². The van der Waals surface area contributed by atoms with E-state index in [0.717, 1.165) is 25.7 Å². The van der Waals surface area contributed by atoms with Crippen LogP contribution in [-0.4, -0.2) is 68.8 Å². The Morgan fingerprint density at radius 1 is 1.00 bits per heavy atom. The maximum Gasteiger partial charge on any atom is 0.313 e. The summed E-state index contributed by atoms with van der Waals surface area (Å²) < 4.78 is 32.1. The number of morpholine rings is 1. The predicted molar refractivity (Wildman–Crippen MR) is 105 cm³/mol. The first kappa shape index (κ1) is 21.0. The highest BCUT2D eigenvalue weighted by Gasteiger charge is 2.28. The van der Waals surface area contributed by atoms with Crippen molar-refractivity contribution in [2.24, 2.45) is 0 Å². The van der Waals surface area contributed by atoms with Gasteiger partial charge in [0.05, 0.1) is 28.8 Å². The van der Waals surface area contributed by atoms with Crippen LogP contribution in [0, 0.1) is 0 Å². The Hall–Kier alpha value is -1.68. The molecular weight excluding hydrogens is 406 g/mol. The maximum atomic E-state index is 12.8. The number of rotatable bonds is 3. The molecule has 28 heavy (non-hydrogen) atoms. The third-order valence-electron chi connectivity index (χ3n) is 4.88. The van der Waals surface area contributed by atoms with E-state index in [0.29, 0.717) is 26.3 Å². The number of sulfonamides is 1. The van der Waals surface area contributed by atoms with E-state index in [1.165, 1.54) is 27.4 Å². The summed E-state index contributed by atoms with van der Waals surface area (Å²) in [5.41, 5.74) is 0.101. The molecule has 0 aromatic heterocycles. The van der Waals surface area contributed by atoms with Gasteiger partial charge >= 0.3 is 11.8 Å². The minimum atomic E-state index is -3.73.